The Hall–Kier alpha value is -1.17. The summed E-state index contributed by atoms with van der Waals surface area (Å²) in [7, 11) is 0. The van der Waals surface area contributed by atoms with Crippen LogP contribution in [0.25, 0.3) is 0 Å². The molecule has 6 heteroatoms. The lowest BCUT2D eigenvalue weighted by Gasteiger charge is -1.94. The van der Waals surface area contributed by atoms with Gasteiger partial charge in [-0.25, -0.2) is 4.79 Å². The van der Waals surface area contributed by atoms with Gasteiger partial charge in [-0.1, -0.05) is 5.10 Å². The average molecular weight is 202 g/mol. The lowest BCUT2D eigenvalue weighted by Crippen LogP contribution is -2.03. The Morgan fingerprint density at radius 1 is 1.38 bits per heavy atom. The first kappa shape index (κ1) is 9.91. The van der Waals surface area contributed by atoms with Crippen molar-refractivity contribution in [3.63, 3.8) is 0 Å². The first-order valence-electron chi connectivity index (χ1n) is 3.91. The fraction of sp³-hybridized carbons (Fsp3) is 0.571. The van der Waals surface area contributed by atoms with Gasteiger partial charge in [0.2, 0.25) is 5.01 Å². The summed E-state index contributed by atoms with van der Waals surface area (Å²) in [6.45, 7) is 4.42. The number of hydrogen-bond acceptors (Lipinski definition) is 6. The van der Waals surface area contributed by atoms with Crippen molar-refractivity contribution in [2.75, 3.05) is 13.2 Å². The Morgan fingerprint density at radius 3 is 2.77 bits per heavy atom. The number of nitrogens with zero attached hydrogens (tertiary/aromatic N) is 2. The van der Waals surface area contributed by atoms with E-state index in [0.29, 0.717) is 18.4 Å². The van der Waals surface area contributed by atoms with E-state index in [1.54, 1.807) is 6.92 Å². The highest BCUT2D eigenvalue weighted by Crippen LogP contribution is 2.18. The van der Waals surface area contributed by atoms with Crippen molar-refractivity contribution < 1.29 is 14.3 Å². The van der Waals surface area contributed by atoms with E-state index in [9.17, 15) is 4.79 Å². The molecule has 1 aromatic heterocycles. The zero-order valence-corrected chi connectivity index (χ0v) is 8.26. The van der Waals surface area contributed by atoms with Gasteiger partial charge in [-0.2, -0.15) is 0 Å². The molecule has 72 valence electrons. The third-order valence-corrected chi connectivity index (χ3v) is 1.94. The summed E-state index contributed by atoms with van der Waals surface area (Å²) >= 11 is 1.09. The SMILES string of the molecule is CCOC(=O)c1nnc(OCC)s1. The maximum absolute atomic E-state index is 11.1. The lowest BCUT2D eigenvalue weighted by atomic mass is 10.7. The molecule has 1 aromatic rings. The predicted octanol–water partition coefficient (Wildman–Crippen LogP) is 1.11. The summed E-state index contributed by atoms with van der Waals surface area (Å²) in [6, 6.07) is 0. The van der Waals surface area contributed by atoms with Crippen LogP contribution in [-0.2, 0) is 4.74 Å². The maximum Gasteiger partial charge on any atom is 0.369 e. The van der Waals surface area contributed by atoms with Crippen LogP contribution in [0.5, 0.6) is 5.19 Å². The van der Waals surface area contributed by atoms with Gasteiger partial charge < -0.3 is 9.47 Å². The minimum absolute atomic E-state index is 0.227. The van der Waals surface area contributed by atoms with Gasteiger partial charge in [0, 0.05) is 0 Å². The number of carbonyl (C=O) groups is 1. The molecule has 0 bridgehead atoms. The Kier molecular flexibility index (Phi) is 3.63. The molecular weight excluding hydrogens is 192 g/mol. The fourth-order valence-corrected chi connectivity index (χ4v) is 1.31. The van der Waals surface area contributed by atoms with Crippen molar-refractivity contribution in [3.05, 3.63) is 5.01 Å². The molecule has 0 aromatic carbocycles. The Labute approximate surface area is 79.7 Å². The summed E-state index contributed by atoms with van der Waals surface area (Å²) in [6.07, 6.45) is 0. The predicted molar refractivity (Wildman–Crippen MR) is 47.0 cm³/mol. The molecule has 0 unspecified atom stereocenters. The Morgan fingerprint density at radius 2 is 2.15 bits per heavy atom. The number of carbonyl (C=O) groups excluding carboxylic acids is 1. The zero-order valence-electron chi connectivity index (χ0n) is 7.44. The molecule has 0 saturated carbocycles. The van der Waals surface area contributed by atoms with E-state index in [2.05, 4.69) is 10.2 Å². The van der Waals surface area contributed by atoms with Crippen LogP contribution in [-0.4, -0.2) is 29.4 Å². The van der Waals surface area contributed by atoms with Crippen LogP contribution in [0.15, 0.2) is 0 Å². The maximum atomic E-state index is 11.1. The second-order valence-corrected chi connectivity index (χ2v) is 2.97. The highest BCUT2D eigenvalue weighted by molar-refractivity contribution is 7.14. The molecule has 0 saturated heterocycles. The van der Waals surface area contributed by atoms with Crippen LogP contribution in [0.1, 0.15) is 23.6 Å². The van der Waals surface area contributed by atoms with Crippen molar-refractivity contribution in [2.45, 2.75) is 13.8 Å². The molecular formula is C7H10N2O3S. The van der Waals surface area contributed by atoms with Crippen LogP contribution < -0.4 is 4.74 Å². The molecule has 0 fully saturated rings. The van der Waals surface area contributed by atoms with Gasteiger partial charge in [0.05, 0.1) is 13.2 Å². The van der Waals surface area contributed by atoms with E-state index >= 15 is 0 Å². The van der Waals surface area contributed by atoms with E-state index in [1.165, 1.54) is 0 Å². The molecule has 0 aliphatic rings. The quantitative estimate of drug-likeness (QED) is 0.684. The fourth-order valence-electron chi connectivity index (χ4n) is 0.667. The van der Waals surface area contributed by atoms with Crippen molar-refractivity contribution >= 4 is 17.3 Å². The third kappa shape index (κ3) is 2.66. The summed E-state index contributed by atoms with van der Waals surface area (Å²) < 4.78 is 9.78. The monoisotopic (exact) mass is 202 g/mol. The first-order chi connectivity index (χ1) is 6.27. The van der Waals surface area contributed by atoms with Crippen molar-refractivity contribution in [2.24, 2.45) is 0 Å². The minimum Gasteiger partial charge on any atom is -0.469 e. The van der Waals surface area contributed by atoms with Gasteiger partial charge in [0.15, 0.2) is 0 Å². The van der Waals surface area contributed by atoms with Crippen LogP contribution in [0.4, 0.5) is 0 Å². The highest BCUT2D eigenvalue weighted by atomic mass is 32.1. The van der Waals surface area contributed by atoms with Crippen molar-refractivity contribution in [1.82, 2.24) is 10.2 Å². The second kappa shape index (κ2) is 4.76. The smallest absolute Gasteiger partial charge is 0.369 e. The van der Waals surface area contributed by atoms with Gasteiger partial charge in [-0.15, -0.1) is 5.10 Å². The summed E-state index contributed by atoms with van der Waals surface area (Å²) in [5.41, 5.74) is 0. The molecule has 5 nitrogen and oxygen atoms in total. The largest absolute Gasteiger partial charge is 0.469 e. The molecule has 0 N–H and O–H groups in total. The summed E-state index contributed by atoms with van der Waals surface area (Å²) in [4.78, 5) is 11.1. The van der Waals surface area contributed by atoms with E-state index in [0.717, 1.165) is 11.3 Å². The van der Waals surface area contributed by atoms with Gasteiger partial charge >= 0.3 is 5.97 Å². The summed E-state index contributed by atoms with van der Waals surface area (Å²) in [5.74, 6) is -0.453. The number of aromatic nitrogens is 2. The second-order valence-electron chi connectivity index (χ2n) is 2.03. The highest BCUT2D eigenvalue weighted by Gasteiger charge is 2.13. The van der Waals surface area contributed by atoms with E-state index in [4.69, 9.17) is 9.47 Å². The van der Waals surface area contributed by atoms with Crippen LogP contribution >= 0.6 is 11.3 Å². The van der Waals surface area contributed by atoms with Crippen LogP contribution in [0, 0.1) is 0 Å². The number of rotatable bonds is 4. The molecule has 0 spiro atoms. The molecule has 13 heavy (non-hydrogen) atoms. The summed E-state index contributed by atoms with van der Waals surface area (Å²) in [5, 5.41) is 7.90. The molecule has 0 atom stereocenters. The number of esters is 1. The minimum atomic E-state index is -0.453. The zero-order chi connectivity index (χ0) is 9.68. The van der Waals surface area contributed by atoms with Crippen LogP contribution in [0.2, 0.25) is 0 Å². The van der Waals surface area contributed by atoms with Gasteiger partial charge in [-0.3, -0.25) is 0 Å². The molecule has 0 aliphatic heterocycles. The first-order valence-corrected chi connectivity index (χ1v) is 4.73. The van der Waals surface area contributed by atoms with E-state index in [1.807, 2.05) is 6.92 Å². The van der Waals surface area contributed by atoms with Crippen molar-refractivity contribution in [1.29, 1.82) is 0 Å². The van der Waals surface area contributed by atoms with Crippen LogP contribution in [0.3, 0.4) is 0 Å². The standard InChI is InChI=1S/C7H10N2O3S/c1-3-11-6(10)5-8-9-7(13-5)12-4-2/h3-4H2,1-2H3. The van der Waals surface area contributed by atoms with E-state index < -0.39 is 5.97 Å². The van der Waals surface area contributed by atoms with Gasteiger partial charge in [0.1, 0.15) is 0 Å². The molecule has 1 rings (SSSR count). The van der Waals surface area contributed by atoms with Crippen molar-refractivity contribution in [3.8, 4) is 5.19 Å². The average Bonchev–Trinajstić information content (AvgIpc) is 2.54. The number of ether oxygens (including phenoxy) is 2. The number of hydrogen-bond donors (Lipinski definition) is 0. The molecule has 0 amide bonds. The third-order valence-electron chi connectivity index (χ3n) is 1.12. The Bertz CT molecular complexity index is 287. The van der Waals surface area contributed by atoms with Gasteiger partial charge in [-0.05, 0) is 25.2 Å². The normalized spacial score (nSPS) is 9.69. The molecule has 1 heterocycles. The van der Waals surface area contributed by atoms with E-state index in [-0.39, 0.29) is 5.01 Å². The lowest BCUT2D eigenvalue weighted by molar-refractivity contribution is 0.0525. The molecule has 0 aliphatic carbocycles. The topological polar surface area (TPSA) is 61.3 Å². The Balaban J connectivity index is 2.62. The molecule has 0 radical (unpaired) electrons. The van der Waals surface area contributed by atoms with Gasteiger partial charge in [0.25, 0.3) is 5.19 Å².